The highest BCUT2D eigenvalue weighted by atomic mass is 35.5. The van der Waals surface area contributed by atoms with Gasteiger partial charge in [0.1, 0.15) is 0 Å². The van der Waals surface area contributed by atoms with Crippen molar-refractivity contribution < 1.29 is 22.9 Å². The molecule has 0 unspecified atom stereocenters. The molecule has 0 bridgehead atoms. The summed E-state index contributed by atoms with van der Waals surface area (Å²) in [6.07, 6.45) is 1.06. The molecule has 0 aromatic heterocycles. The largest absolute Gasteiger partial charge is 0.381 e. The van der Waals surface area contributed by atoms with Crippen molar-refractivity contribution in [3.63, 3.8) is 0 Å². The number of sulfonamides is 1. The molecule has 27 heavy (non-hydrogen) atoms. The molecule has 1 fully saturated rings. The lowest BCUT2D eigenvalue weighted by Gasteiger charge is -2.34. The van der Waals surface area contributed by atoms with Gasteiger partial charge < -0.3 is 15.8 Å². The molecule has 0 saturated carbocycles. The van der Waals surface area contributed by atoms with Crippen LogP contribution in [0.4, 0.5) is 5.69 Å². The van der Waals surface area contributed by atoms with E-state index in [4.69, 9.17) is 10.5 Å². The van der Waals surface area contributed by atoms with Gasteiger partial charge in [0, 0.05) is 45.0 Å². The van der Waals surface area contributed by atoms with Crippen molar-refractivity contribution in [1.82, 2.24) is 10.0 Å². The van der Waals surface area contributed by atoms with Gasteiger partial charge in [-0.3, -0.25) is 14.9 Å². The van der Waals surface area contributed by atoms with E-state index in [2.05, 4.69) is 10.0 Å². The molecule has 10 nitrogen and oxygen atoms in total. The lowest BCUT2D eigenvalue weighted by molar-refractivity contribution is -0.384. The Balaban J connectivity index is 0.00000364. The summed E-state index contributed by atoms with van der Waals surface area (Å²) in [5, 5.41) is 13.3. The van der Waals surface area contributed by atoms with Crippen LogP contribution >= 0.6 is 12.4 Å². The molecular formula is C15H23ClN4O6S. The molecule has 1 aliphatic heterocycles. The number of hydrogen-bond donors (Lipinski definition) is 3. The van der Waals surface area contributed by atoms with Gasteiger partial charge in [0.25, 0.3) is 5.69 Å². The van der Waals surface area contributed by atoms with E-state index in [1.807, 2.05) is 0 Å². The number of ether oxygens (including phenoxy) is 1. The van der Waals surface area contributed by atoms with Crippen molar-refractivity contribution in [3.8, 4) is 0 Å². The third-order valence-electron chi connectivity index (χ3n) is 4.38. The van der Waals surface area contributed by atoms with Crippen LogP contribution in [0.1, 0.15) is 12.8 Å². The van der Waals surface area contributed by atoms with Crippen LogP contribution in [-0.4, -0.2) is 52.1 Å². The van der Waals surface area contributed by atoms with Crippen molar-refractivity contribution in [3.05, 3.63) is 34.4 Å². The Labute approximate surface area is 163 Å². The van der Waals surface area contributed by atoms with E-state index in [1.165, 1.54) is 0 Å². The molecule has 4 N–H and O–H groups in total. The number of benzene rings is 1. The number of nitrogens with one attached hydrogen (secondary N) is 2. The Hall–Kier alpha value is -1.79. The maximum Gasteiger partial charge on any atom is 0.269 e. The molecule has 1 aliphatic rings. The number of non-ortho nitro benzene ring substituents is 1. The summed E-state index contributed by atoms with van der Waals surface area (Å²) in [6.45, 7) is 1.24. The smallest absolute Gasteiger partial charge is 0.269 e. The van der Waals surface area contributed by atoms with Crippen molar-refractivity contribution in [2.24, 2.45) is 11.1 Å². The maximum absolute atomic E-state index is 12.4. The number of nitrogens with two attached hydrogens (primary N) is 1. The Morgan fingerprint density at radius 1 is 1.22 bits per heavy atom. The molecule has 2 rings (SSSR count). The van der Waals surface area contributed by atoms with Gasteiger partial charge in [-0.1, -0.05) is 0 Å². The number of nitrogens with zero attached hydrogens (tertiary/aromatic N) is 1. The second-order valence-electron chi connectivity index (χ2n) is 6.00. The van der Waals surface area contributed by atoms with Crippen molar-refractivity contribution in [2.45, 2.75) is 17.7 Å². The minimum absolute atomic E-state index is 0. The SMILES string of the molecule is Cl.NCC1(C(=O)NCCNS(=O)(=O)c2ccc([N+](=O)[O-])cc2)CCOCC1. The topological polar surface area (TPSA) is 154 Å². The molecule has 1 saturated heterocycles. The molecule has 0 spiro atoms. The highest BCUT2D eigenvalue weighted by molar-refractivity contribution is 7.89. The summed E-state index contributed by atoms with van der Waals surface area (Å²) < 4.78 is 31.9. The van der Waals surface area contributed by atoms with E-state index in [0.29, 0.717) is 26.1 Å². The van der Waals surface area contributed by atoms with E-state index < -0.39 is 20.4 Å². The standard InChI is InChI=1S/C15H22N4O6S.ClH/c16-11-15(5-9-25-10-6-15)14(20)17-7-8-18-26(23,24)13-3-1-12(2-4-13)19(21)22;/h1-4,18H,5-11,16H2,(H,17,20);1H. The average Bonchev–Trinajstić information content (AvgIpc) is 2.65. The fourth-order valence-corrected chi connectivity index (χ4v) is 3.70. The number of amides is 1. The number of nitro benzene ring substituents is 1. The second-order valence-corrected chi connectivity index (χ2v) is 7.77. The van der Waals surface area contributed by atoms with Crippen molar-refractivity contribution in [2.75, 3.05) is 32.8 Å². The normalized spacial score (nSPS) is 16.2. The third-order valence-corrected chi connectivity index (χ3v) is 5.86. The van der Waals surface area contributed by atoms with E-state index >= 15 is 0 Å². The fraction of sp³-hybridized carbons (Fsp3) is 0.533. The fourth-order valence-electron chi connectivity index (χ4n) is 2.67. The highest BCUT2D eigenvalue weighted by Gasteiger charge is 2.38. The first-order valence-electron chi connectivity index (χ1n) is 8.11. The molecule has 0 atom stereocenters. The highest BCUT2D eigenvalue weighted by Crippen LogP contribution is 2.29. The minimum atomic E-state index is -3.81. The summed E-state index contributed by atoms with van der Waals surface area (Å²) in [5.41, 5.74) is 4.88. The van der Waals surface area contributed by atoms with Crippen molar-refractivity contribution >= 4 is 34.0 Å². The van der Waals surface area contributed by atoms with Crippen LogP contribution in [-0.2, 0) is 19.6 Å². The zero-order valence-corrected chi connectivity index (χ0v) is 16.2. The molecule has 0 radical (unpaired) electrons. The number of rotatable bonds is 8. The number of carbonyl (C=O) groups excluding carboxylic acids is 1. The van der Waals surface area contributed by atoms with Gasteiger partial charge in [0.05, 0.1) is 15.2 Å². The summed E-state index contributed by atoms with van der Waals surface area (Å²) in [5.74, 6) is -0.210. The molecule has 1 aromatic carbocycles. The molecule has 12 heteroatoms. The predicted octanol–water partition coefficient (Wildman–Crippen LogP) is 0.167. The van der Waals surface area contributed by atoms with Crippen LogP contribution in [0.25, 0.3) is 0 Å². The maximum atomic E-state index is 12.4. The third kappa shape index (κ3) is 5.84. The van der Waals surface area contributed by atoms with Crippen LogP contribution in [0.3, 0.4) is 0 Å². The van der Waals surface area contributed by atoms with Crippen LogP contribution < -0.4 is 15.8 Å². The van der Waals surface area contributed by atoms with Gasteiger partial charge in [-0.15, -0.1) is 12.4 Å². The summed E-state index contributed by atoms with van der Waals surface area (Å²) in [7, 11) is -3.81. The first-order valence-corrected chi connectivity index (χ1v) is 9.59. The van der Waals surface area contributed by atoms with Crippen LogP contribution in [0.2, 0.25) is 0 Å². The first-order chi connectivity index (χ1) is 12.3. The van der Waals surface area contributed by atoms with Crippen molar-refractivity contribution in [1.29, 1.82) is 0 Å². The van der Waals surface area contributed by atoms with E-state index in [1.54, 1.807) is 0 Å². The van der Waals surface area contributed by atoms with Gasteiger partial charge in [-0.05, 0) is 25.0 Å². The molecule has 1 aromatic rings. The molecule has 1 amide bonds. The Bertz CT molecular complexity index is 750. The van der Waals surface area contributed by atoms with E-state index in [-0.39, 0.29) is 48.5 Å². The van der Waals surface area contributed by atoms with Crippen LogP contribution in [0.5, 0.6) is 0 Å². The predicted molar refractivity (Wildman–Crippen MR) is 100 cm³/mol. The first kappa shape index (κ1) is 23.2. The number of nitro groups is 1. The lowest BCUT2D eigenvalue weighted by atomic mass is 9.79. The summed E-state index contributed by atoms with van der Waals surface area (Å²) in [4.78, 5) is 22.3. The van der Waals surface area contributed by atoms with Gasteiger partial charge in [-0.25, -0.2) is 13.1 Å². The number of carbonyl (C=O) groups is 1. The zero-order valence-electron chi connectivity index (χ0n) is 14.5. The second kappa shape index (κ2) is 9.95. The molecule has 0 aliphatic carbocycles. The molecule has 152 valence electrons. The van der Waals surface area contributed by atoms with Crippen LogP contribution in [0, 0.1) is 15.5 Å². The monoisotopic (exact) mass is 422 g/mol. The average molecular weight is 423 g/mol. The molecular weight excluding hydrogens is 400 g/mol. The Morgan fingerprint density at radius 2 is 1.81 bits per heavy atom. The van der Waals surface area contributed by atoms with Gasteiger partial charge in [0.2, 0.25) is 15.9 Å². The van der Waals surface area contributed by atoms with E-state index in [0.717, 1.165) is 24.3 Å². The molecule has 1 heterocycles. The number of halogens is 1. The minimum Gasteiger partial charge on any atom is -0.381 e. The zero-order chi connectivity index (χ0) is 19.2. The summed E-state index contributed by atoms with van der Waals surface area (Å²) in [6, 6.07) is 4.55. The van der Waals surface area contributed by atoms with Gasteiger partial charge >= 0.3 is 0 Å². The quantitative estimate of drug-likeness (QED) is 0.306. The van der Waals surface area contributed by atoms with E-state index in [9.17, 15) is 23.3 Å². The number of hydrogen-bond acceptors (Lipinski definition) is 7. The van der Waals surface area contributed by atoms with Gasteiger partial charge in [0.15, 0.2) is 0 Å². The van der Waals surface area contributed by atoms with Gasteiger partial charge in [-0.2, -0.15) is 0 Å². The summed E-state index contributed by atoms with van der Waals surface area (Å²) >= 11 is 0. The van der Waals surface area contributed by atoms with Crippen LogP contribution in [0.15, 0.2) is 29.2 Å². The Morgan fingerprint density at radius 3 is 2.33 bits per heavy atom. The Kier molecular flexibility index (Phi) is 8.57. The lowest BCUT2D eigenvalue weighted by Crippen LogP contribution is -2.50.